The molecule has 36 heavy (non-hydrogen) atoms. The predicted octanol–water partition coefficient (Wildman–Crippen LogP) is 2.34. The van der Waals surface area contributed by atoms with Gasteiger partial charge in [0.05, 0.1) is 37.6 Å². The van der Waals surface area contributed by atoms with E-state index in [-0.39, 0.29) is 36.5 Å². The molecule has 1 aromatic heterocycles. The highest BCUT2D eigenvalue weighted by atomic mass is 32.2. The van der Waals surface area contributed by atoms with Crippen molar-refractivity contribution in [2.24, 2.45) is 5.92 Å². The summed E-state index contributed by atoms with van der Waals surface area (Å²) < 4.78 is 35.8. The standard InChI is InChI=1S/C25H33N5O5S/c1-25(10-11-25)27-36(33,34)20-8-9-22-21(12-20)23(31)30(24(32)28(22)2)16-18-13-26-29(15-18)14-17-4-6-19(35-3)7-5-17/h4-7,13,15,20-22,27H,8-12,14,16H2,1-3H3. The molecular formula is C25H33N5O5S. The van der Waals surface area contributed by atoms with Crippen molar-refractivity contribution in [2.75, 3.05) is 14.2 Å². The van der Waals surface area contributed by atoms with Crippen LogP contribution < -0.4 is 9.46 Å². The van der Waals surface area contributed by atoms with Crippen LogP contribution in [0, 0.1) is 5.92 Å². The zero-order chi connectivity index (χ0) is 25.7. The Bertz CT molecular complexity index is 1250. The monoisotopic (exact) mass is 515 g/mol. The molecule has 0 radical (unpaired) electrons. The number of imide groups is 1. The zero-order valence-electron chi connectivity index (χ0n) is 20.9. The second kappa shape index (κ2) is 9.19. The predicted molar refractivity (Wildman–Crippen MR) is 133 cm³/mol. The minimum atomic E-state index is -3.54. The lowest BCUT2D eigenvalue weighted by atomic mass is 9.81. The van der Waals surface area contributed by atoms with E-state index in [1.807, 2.05) is 37.4 Å². The van der Waals surface area contributed by atoms with Crippen LogP contribution in [0.25, 0.3) is 0 Å². The van der Waals surface area contributed by atoms with Gasteiger partial charge in [-0.1, -0.05) is 12.1 Å². The van der Waals surface area contributed by atoms with Gasteiger partial charge in [0, 0.05) is 30.4 Å². The molecule has 3 fully saturated rings. The van der Waals surface area contributed by atoms with Crippen molar-refractivity contribution in [1.29, 1.82) is 0 Å². The maximum absolute atomic E-state index is 13.5. The Morgan fingerprint density at radius 3 is 2.50 bits per heavy atom. The molecule has 5 rings (SSSR count). The minimum Gasteiger partial charge on any atom is -0.497 e. The average Bonchev–Trinajstić information content (AvgIpc) is 3.41. The number of aromatic nitrogens is 2. The van der Waals surface area contributed by atoms with Crippen LogP contribution in [0.5, 0.6) is 5.75 Å². The Morgan fingerprint density at radius 1 is 1.11 bits per heavy atom. The number of nitrogens with one attached hydrogen (secondary N) is 1. The fourth-order valence-corrected chi connectivity index (χ4v) is 7.26. The number of methoxy groups -OCH3 is 1. The number of rotatable bonds is 8. The van der Waals surface area contributed by atoms with E-state index >= 15 is 0 Å². The molecule has 194 valence electrons. The van der Waals surface area contributed by atoms with Crippen LogP contribution >= 0.6 is 0 Å². The highest BCUT2D eigenvalue weighted by Gasteiger charge is 2.51. The third-order valence-corrected chi connectivity index (χ3v) is 9.82. The molecule has 2 heterocycles. The number of nitrogens with zero attached hydrogens (tertiary/aromatic N) is 4. The van der Waals surface area contributed by atoms with Gasteiger partial charge in [0.2, 0.25) is 15.9 Å². The molecule has 1 aliphatic heterocycles. The molecule has 0 spiro atoms. The third kappa shape index (κ3) is 4.86. The Balaban J connectivity index is 1.27. The van der Waals surface area contributed by atoms with Crippen molar-refractivity contribution >= 4 is 22.0 Å². The normalized spacial score (nSPS) is 25.6. The first-order valence-corrected chi connectivity index (χ1v) is 13.9. The van der Waals surface area contributed by atoms with Crippen molar-refractivity contribution in [3.63, 3.8) is 0 Å². The highest BCUT2D eigenvalue weighted by Crippen LogP contribution is 2.40. The summed E-state index contributed by atoms with van der Waals surface area (Å²) in [4.78, 5) is 29.4. The summed E-state index contributed by atoms with van der Waals surface area (Å²) in [5.41, 5.74) is 1.43. The number of amides is 3. The van der Waals surface area contributed by atoms with E-state index in [0.29, 0.717) is 19.4 Å². The molecular weight excluding hydrogens is 482 g/mol. The second-order valence-electron chi connectivity index (χ2n) is 10.5. The molecule has 0 bridgehead atoms. The maximum Gasteiger partial charge on any atom is 0.327 e. The molecule has 3 atom stereocenters. The van der Waals surface area contributed by atoms with Crippen molar-refractivity contribution in [3.8, 4) is 5.75 Å². The minimum absolute atomic E-state index is 0.0988. The number of hydrogen-bond donors (Lipinski definition) is 1. The van der Waals surface area contributed by atoms with Crippen LogP contribution in [0.15, 0.2) is 36.7 Å². The van der Waals surface area contributed by atoms with Gasteiger partial charge >= 0.3 is 6.03 Å². The summed E-state index contributed by atoms with van der Waals surface area (Å²) in [6.45, 7) is 2.55. The highest BCUT2D eigenvalue weighted by molar-refractivity contribution is 7.90. The molecule has 11 heteroatoms. The fourth-order valence-electron chi connectivity index (χ4n) is 5.29. The second-order valence-corrected chi connectivity index (χ2v) is 12.5. The lowest BCUT2D eigenvalue weighted by Gasteiger charge is -2.46. The Morgan fingerprint density at radius 2 is 1.83 bits per heavy atom. The SMILES string of the molecule is COc1ccc(Cn2cc(CN3C(=O)C4CC(S(=O)(=O)NC5(C)CC5)CCC4N(C)C3=O)cn2)cc1. The molecule has 2 aromatic rings. The summed E-state index contributed by atoms with van der Waals surface area (Å²) in [5.74, 6) is -0.0624. The van der Waals surface area contributed by atoms with Gasteiger partial charge in [-0.3, -0.25) is 14.4 Å². The van der Waals surface area contributed by atoms with Crippen LogP contribution in [0.4, 0.5) is 4.79 Å². The number of carbonyl (C=O) groups is 2. The number of sulfonamides is 1. The maximum atomic E-state index is 13.5. The summed E-state index contributed by atoms with van der Waals surface area (Å²) in [7, 11) is -0.217. The number of hydrogen-bond acceptors (Lipinski definition) is 6. The Kier molecular flexibility index (Phi) is 6.32. The van der Waals surface area contributed by atoms with Crippen LogP contribution in [0.2, 0.25) is 0 Å². The molecule has 1 N–H and O–H groups in total. The summed E-state index contributed by atoms with van der Waals surface area (Å²) >= 11 is 0. The van der Waals surface area contributed by atoms with Crippen molar-refractivity contribution in [1.82, 2.24) is 24.3 Å². The zero-order valence-corrected chi connectivity index (χ0v) is 21.7. The van der Waals surface area contributed by atoms with E-state index in [2.05, 4.69) is 9.82 Å². The van der Waals surface area contributed by atoms with Gasteiger partial charge in [0.25, 0.3) is 0 Å². The van der Waals surface area contributed by atoms with Crippen molar-refractivity contribution < 1.29 is 22.7 Å². The van der Waals surface area contributed by atoms with Gasteiger partial charge in [0.15, 0.2) is 0 Å². The van der Waals surface area contributed by atoms with Gasteiger partial charge in [0.1, 0.15) is 5.75 Å². The quantitative estimate of drug-likeness (QED) is 0.577. The van der Waals surface area contributed by atoms with Crippen LogP contribution in [-0.4, -0.2) is 70.9 Å². The Hall–Kier alpha value is -2.92. The molecule has 1 aromatic carbocycles. The van der Waals surface area contributed by atoms with Gasteiger partial charge < -0.3 is 9.64 Å². The van der Waals surface area contributed by atoms with Gasteiger partial charge in [-0.25, -0.2) is 17.9 Å². The van der Waals surface area contributed by atoms with Crippen molar-refractivity contribution in [2.45, 2.75) is 68.9 Å². The number of fused-ring (bicyclic) bond motifs is 1. The topological polar surface area (TPSA) is 114 Å². The van der Waals surface area contributed by atoms with Gasteiger partial charge in [-0.2, -0.15) is 5.10 Å². The fraction of sp³-hybridized carbons (Fsp3) is 0.560. The molecule has 1 saturated heterocycles. The van der Waals surface area contributed by atoms with Gasteiger partial charge in [-0.05, 0) is 56.7 Å². The van der Waals surface area contributed by atoms with E-state index in [9.17, 15) is 18.0 Å². The molecule has 3 amide bonds. The summed E-state index contributed by atoms with van der Waals surface area (Å²) in [5, 5.41) is 3.76. The summed E-state index contributed by atoms with van der Waals surface area (Å²) in [6, 6.07) is 7.05. The number of carbonyl (C=O) groups excluding carboxylic acids is 2. The first-order chi connectivity index (χ1) is 17.1. The molecule has 2 aliphatic carbocycles. The van der Waals surface area contributed by atoms with Crippen LogP contribution in [0.3, 0.4) is 0 Å². The first kappa shape index (κ1) is 24.8. The first-order valence-electron chi connectivity index (χ1n) is 12.3. The van der Waals surface area contributed by atoms with Crippen molar-refractivity contribution in [3.05, 3.63) is 47.8 Å². The largest absolute Gasteiger partial charge is 0.497 e. The average molecular weight is 516 g/mol. The van der Waals surface area contributed by atoms with E-state index < -0.39 is 21.2 Å². The molecule has 2 saturated carbocycles. The van der Waals surface area contributed by atoms with Crippen LogP contribution in [0.1, 0.15) is 50.2 Å². The molecule has 10 nitrogen and oxygen atoms in total. The van der Waals surface area contributed by atoms with E-state index in [4.69, 9.17) is 4.74 Å². The molecule has 3 unspecified atom stereocenters. The number of urea groups is 1. The van der Waals surface area contributed by atoms with E-state index in [1.54, 1.807) is 29.9 Å². The third-order valence-electron chi connectivity index (χ3n) is 7.74. The number of benzene rings is 1. The van der Waals surface area contributed by atoms with E-state index in [1.165, 1.54) is 4.90 Å². The molecule has 3 aliphatic rings. The number of ether oxygens (including phenoxy) is 1. The van der Waals surface area contributed by atoms with Gasteiger partial charge in [-0.15, -0.1) is 0 Å². The van der Waals surface area contributed by atoms with Crippen LogP contribution in [-0.2, 0) is 27.9 Å². The van der Waals surface area contributed by atoms with E-state index in [0.717, 1.165) is 29.7 Å². The lowest BCUT2D eigenvalue weighted by Crippen LogP contribution is -2.62. The Labute approximate surface area is 211 Å². The lowest BCUT2D eigenvalue weighted by molar-refractivity contribution is -0.140. The smallest absolute Gasteiger partial charge is 0.327 e. The summed E-state index contributed by atoms with van der Waals surface area (Å²) in [6.07, 6.45) is 6.31.